The summed E-state index contributed by atoms with van der Waals surface area (Å²) in [6.45, 7) is 21.0. The van der Waals surface area contributed by atoms with Crippen LogP contribution in [0, 0.1) is 33.5 Å². The SMILES string of the molecule is CC(C)C(C)(C)[C@@H](CSC(=N)N)C(C)(C)CC(C)(C)C. The smallest absolute Gasteiger partial charge is 0.151 e. The molecule has 3 N–H and O–H groups in total. The summed E-state index contributed by atoms with van der Waals surface area (Å²) in [5, 5.41) is 7.76. The molecule has 1 atom stereocenters. The van der Waals surface area contributed by atoms with Crippen molar-refractivity contribution in [2.45, 2.75) is 68.7 Å². The molecule has 0 unspecified atom stereocenters. The van der Waals surface area contributed by atoms with Crippen molar-refractivity contribution in [2.75, 3.05) is 5.75 Å². The molecule has 0 heterocycles. The van der Waals surface area contributed by atoms with Crippen LogP contribution in [-0.4, -0.2) is 10.9 Å². The lowest BCUT2D eigenvalue weighted by Crippen LogP contribution is -2.43. The molecule has 0 radical (unpaired) electrons. The van der Waals surface area contributed by atoms with Gasteiger partial charge in [-0.15, -0.1) is 0 Å². The Balaban J connectivity index is 5.35. The molecule has 0 saturated carbocycles. The first-order valence-corrected chi connectivity index (χ1v) is 8.65. The summed E-state index contributed by atoms with van der Waals surface area (Å²) in [4.78, 5) is 0. The fourth-order valence-electron chi connectivity index (χ4n) is 3.51. The molecule has 0 aliphatic rings. The molecular formula is C17H36N2S. The average Bonchev–Trinajstić information content (AvgIpc) is 2.11. The van der Waals surface area contributed by atoms with E-state index >= 15 is 0 Å². The van der Waals surface area contributed by atoms with Crippen LogP contribution in [0.25, 0.3) is 0 Å². The van der Waals surface area contributed by atoms with Crippen molar-refractivity contribution >= 4 is 16.9 Å². The van der Waals surface area contributed by atoms with Crippen LogP contribution in [0.4, 0.5) is 0 Å². The number of amidine groups is 1. The lowest BCUT2D eigenvalue weighted by atomic mass is 9.58. The molecule has 0 fully saturated rings. The maximum Gasteiger partial charge on any atom is 0.151 e. The predicted octanol–water partition coefficient (Wildman–Crippen LogP) is 5.37. The summed E-state index contributed by atoms with van der Waals surface area (Å²) < 4.78 is 0. The van der Waals surface area contributed by atoms with Crippen LogP contribution in [0.3, 0.4) is 0 Å². The van der Waals surface area contributed by atoms with Gasteiger partial charge in [-0.3, -0.25) is 5.41 Å². The first-order chi connectivity index (χ1) is 8.70. The Morgan fingerprint density at radius 3 is 1.80 bits per heavy atom. The molecule has 0 spiro atoms. The van der Waals surface area contributed by atoms with Crippen LogP contribution in [0.15, 0.2) is 0 Å². The normalized spacial score (nSPS) is 15.5. The molecule has 0 aromatic rings. The van der Waals surface area contributed by atoms with Gasteiger partial charge in [0.1, 0.15) is 0 Å². The van der Waals surface area contributed by atoms with E-state index in [9.17, 15) is 0 Å². The molecule has 3 heteroatoms. The van der Waals surface area contributed by atoms with Crippen LogP contribution in [0.1, 0.15) is 68.7 Å². The van der Waals surface area contributed by atoms with E-state index in [1.165, 1.54) is 18.2 Å². The van der Waals surface area contributed by atoms with E-state index in [4.69, 9.17) is 11.1 Å². The van der Waals surface area contributed by atoms with Gasteiger partial charge in [-0.05, 0) is 34.5 Å². The third kappa shape index (κ3) is 6.07. The standard InChI is InChI=1S/C17H36N2S/c1-12(2)17(8,9)13(10-20-14(18)19)16(6,7)11-15(3,4)5/h12-13H,10-11H2,1-9H3,(H3,18,19)/t13-/m0/s1. The van der Waals surface area contributed by atoms with Crippen LogP contribution in [-0.2, 0) is 0 Å². The maximum atomic E-state index is 7.52. The summed E-state index contributed by atoms with van der Waals surface area (Å²) in [6.07, 6.45) is 1.18. The first-order valence-electron chi connectivity index (χ1n) is 7.67. The minimum absolute atomic E-state index is 0.231. The minimum Gasteiger partial charge on any atom is -0.379 e. The summed E-state index contributed by atoms with van der Waals surface area (Å²) in [7, 11) is 0. The highest BCUT2D eigenvalue weighted by molar-refractivity contribution is 8.13. The Morgan fingerprint density at radius 2 is 1.50 bits per heavy atom. The molecule has 0 aromatic carbocycles. The van der Waals surface area contributed by atoms with Crippen LogP contribution < -0.4 is 5.73 Å². The van der Waals surface area contributed by atoms with Crippen molar-refractivity contribution in [1.82, 2.24) is 0 Å². The lowest BCUT2D eigenvalue weighted by Gasteiger charge is -2.49. The van der Waals surface area contributed by atoms with E-state index in [0.29, 0.717) is 17.3 Å². The van der Waals surface area contributed by atoms with Crippen molar-refractivity contribution < 1.29 is 0 Å². The van der Waals surface area contributed by atoms with Gasteiger partial charge in [0.15, 0.2) is 5.17 Å². The zero-order valence-electron chi connectivity index (χ0n) is 15.1. The number of hydrogen-bond acceptors (Lipinski definition) is 2. The van der Waals surface area contributed by atoms with Crippen molar-refractivity contribution in [3.05, 3.63) is 0 Å². The van der Waals surface area contributed by atoms with Crippen molar-refractivity contribution in [1.29, 1.82) is 5.41 Å². The Labute approximate surface area is 131 Å². The molecule has 120 valence electrons. The summed E-state index contributed by atoms with van der Waals surface area (Å²) in [5.41, 5.74) is 6.36. The van der Waals surface area contributed by atoms with Gasteiger partial charge in [-0.1, -0.05) is 74.1 Å². The highest BCUT2D eigenvalue weighted by atomic mass is 32.2. The highest BCUT2D eigenvalue weighted by Gasteiger charge is 2.43. The molecule has 0 aromatic heterocycles. The molecule has 0 saturated heterocycles. The second-order valence-electron chi connectivity index (χ2n) is 8.93. The Hall–Kier alpha value is -0.180. The fourth-order valence-corrected chi connectivity index (χ4v) is 4.74. The Kier molecular flexibility index (Phi) is 6.66. The zero-order valence-corrected chi connectivity index (χ0v) is 15.9. The number of rotatable bonds is 6. The maximum absolute atomic E-state index is 7.52. The predicted molar refractivity (Wildman–Crippen MR) is 94.3 cm³/mol. The van der Waals surface area contributed by atoms with Gasteiger partial charge in [0.05, 0.1) is 0 Å². The molecule has 0 amide bonds. The number of nitrogens with one attached hydrogen (secondary N) is 1. The van der Waals surface area contributed by atoms with Gasteiger partial charge in [0.25, 0.3) is 0 Å². The molecule has 2 nitrogen and oxygen atoms in total. The second-order valence-corrected chi connectivity index (χ2v) is 9.99. The van der Waals surface area contributed by atoms with E-state index in [-0.39, 0.29) is 16.0 Å². The zero-order chi connectivity index (χ0) is 16.4. The topological polar surface area (TPSA) is 49.9 Å². The number of nitrogens with two attached hydrogens (primary N) is 1. The third-order valence-electron chi connectivity index (χ3n) is 4.72. The molecule has 0 bridgehead atoms. The number of thioether (sulfide) groups is 1. The van der Waals surface area contributed by atoms with E-state index in [2.05, 4.69) is 62.3 Å². The molecular weight excluding hydrogens is 264 g/mol. The largest absolute Gasteiger partial charge is 0.379 e. The lowest BCUT2D eigenvalue weighted by molar-refractivity contribution is 0.0247. The Morgan fingerprint density at radius 1 is 1.05 bits per heavy atom. The summed E-state index contributed by atoms with van der Waals surface area (Å²) in [6, 6.07) is 0. The molecule has 0 rings (SSSR count). The van der Waals surface area contributed by atoms with Gasteiger partial charge in [0, 0.05) is 5.75 Å². The number of hydrogen-bond donors (Lipinski definition) is 2. The van der Waals surface area contributed by atoms with E-state index in [1.807, 2.05) is 0 Å². The van der Waals surface area contributed by atoms with Crippen LogP contribution in [0.2, 0.25) is 0 Å². The summed E-state index contributed by atoms with van der Waals surface area (Å²) in [5.74, 6) is 2.08. The van der Waals surface area contributed by atoms with Crippen molar-refractivity contribution in [3.63, 3.8) is 0 Å². The molecule has 20 heavy (non-hydrogen) atoms. The third-order valence-corrected chi connectivity index (χ3v) is 5.53. The van der Waals surface area contributed by atoms with Gasteiger partial charge in [-0.2, -0.15) is 0 Å². The van der Waals surface area contributed by atoms with Crippen molar-refractivity contribution in [2.24, 2.45) is 33.8 Å². The van der Waals surface area contributed by atoms with Crippen LogP contribution in [0.5, 0.6) is 0 Å². The molecule has 0 aliphatic heterocycles. The highest BCUT2D eigenvalue weighted by Crippen LogP contribution is 2.50. The van der Waals surface area contributed by atoms with Gasteiger partial charge < -0.3 is 5.73 Å². The Bertz CT molecular complexity index is 324. The quantitative estimate of drug-likeness (QED) is 0.511. The van der Waals surface area contributed by atoms with E-state index < -0.39 is 0 Å². The minimum atomic E-state index is 0.231. The van der Waals surface area contributed by atoms with E-state index in [0.717, 1.165) is 5.75 Å². The monoisotopic (exact) mass is 300 g/mol. The molecule has 0 aliphatic carbocycles. The van der Waals surface area contributed by atoms with E-state index in [1.54, 1.807) is 0 Å². The average molecular weight is 301 g/mol. The van der Waals surface area contributed by atoms with Crippen molar-refractivity contribution in [3.8, 4) is 0 Å². The van der Waals surface area contributed by atoms with Gasteiger partial charge >= 0.3 is 0 Å². The van der Waals surface area contributed by atoms with Gasteiger partial charge in [0.2, 0.25) is 0 Å². The fraction of sp³-hybridized carbons (Fsp3) is 0.941. The first kappa shape index (κ1) is 19.8. The van der Waals surface area contributed by atoms with Gasteiger partial charge in [-0.25, -0.2) is 0 Å². The summed E-state index contributed by atoms with van der Waals surface area (Å²) >= 11 is 1.50. The second kappa shape index (κ2) is 6.72. The van der Waals surface area contributed by atoms with Crippen LogP contribution >= 0.6 is 11.8 Å².